The van der Waals surface area contributed by atoms with Crippen LogP contribution < -0.4 is 14.2 Å². The van der Waals surface area contributed by atoms with E-state index in [9.17, 15) is 0 Å². The van der Waals surface area contributed by atoms with Gasteiger partial charge in [0.05, 0.1) is 25.1 Å². The second-order valence-electron chi connectivity index (χ2n) is 7.12. The molecule has 0 amide bonds. The van der Waals surface area contributed by atoms with Gasteiger partial charge >= 0.3 is 0 Å². The van der Waals surface area contributed by atoms with Crippen molar-refractivity contribution in [1.82, 2.24) is 4.98 Å². The van der Waals surface area contributed by atoms with Crippen LogP contribution in [0.3, 0.4) is 0 Å². The molecule has 0 atom stereocenters. The monoisotopic (exact) mass is 426 g/mol. The Balaban J connectivity index is 1.73. The minimum Gasteiger partial charge on any atom is -0.493 e. The summed E-state index contributed by atoms with van der Waals surface area (Å²) in [5.41, 5.74) is 3.78. The topological polar surface area (TPSA) is 62.2 Å². The third-order valence-corrected chi connectivity index (χ3v) is 4.64. The number of benzene rings is 1. The van der Waals surface area contributed by atoms with Crippen LogP contribution in [0.25, 0.3) is 0 Å². The van der Waals surface area contributed by atoms with Crippen LogP contribution in [-0.2, 0) is 4.84 Å². The summed E-state index contributed by atoms with van der Waals surface area (Å²) in [6.45, 7) is 9.94. The highest BCUT2D eigenvalue weighted by atomic mass is 16.6. The van der Waals surface area contributed by atoms with E-state index >= 15 is 0 Å². The molecular formula is C25H34N2O4. The Hall–Kier alpha value is -3.02. The molecule has 2 aromatic rings. The average molecular weight is 427 g/mol. The maximum absolute atomic E-state index is 6.02. The second-order valence-corrected chi connectivity index (χ2v) is 7.12. The molecule has 31 heavy (non-hydrogen) atoms. The SMILES string of the molecule is C/C=C/COc1cc(C)c(OCCCCOc2ccc(/C(CC)=N/OC)nc2)c(C)c1. The van der Waals surface area contributed by atoms with Crippen LogP contribution in [0.5, 0.6) is 17.2 Å². The van der Waals surface area contributed by atoms with E-state index in [1.54, 1.807) is 6.20 Å². The van der Waals surface area contributed by atoms with E-state index < -0.39 is 0 Å². The third-order valence-electron chi connectivity index (χ3n) is 4.64. The zero-order chi connectivity index (χ0) is 22.5. The van der Waals surface area contributed by atoms with Gasteiger partial charge in [-0.05, 0) is 75.4 Å². The lowest BCUT2D eigenvalue weighted by Crippen LogP contribution is -2.06. The Morgan fingerprint density at radius 3 is 2.29 bits per heavy atom. The van der Waals surface area contributed by atoms with Crippen LogP contribution >= 0.6 is 0 Å². The molecule has 0 unspecified atom stereocenters. The summed E-state index contributed by atoms with van der Waals surface area (Å²) >= 11 is 0. The summed E-state index contributed by atoms with van der Waals surface area (Å²) in [4.78, 5) is 9.25. The standard InChI is InChI=1S/C25H34N2O4/c1-6-8-13-30-22-16-19(3)25(20(4)17-22)31-15-10-9-14-29-21-11-12-24(26-18-21)23(7-2)27-28-5/h6,8,11-12,16-18H,7,9-10,13-15H2,1-5H3/b8-6+,27-23+. The highest BCUT2D eigenvalue weighted by molar-refractivity contribution is 5.98. The van der Waals surface area contributed by atoms with Crippen molar-refractivity contribution in [1.29, 1.82) is 0 Å². The molecule has 168 valence electrons. The quantitative estimate of drug-likeness (QED) is 0.179. The van der Waals surface area contributed by atoms with Gasteiger partial charge in [0.2, 0.25) is 0 Å². The van der Waals surface area contributed by atoms with Gasteiger partial charge in [0.15, 0.2) is 0 Å². The first kappa shape index (κ1) is 24.3. The minimum atomic E-state index is 0.578. The van der Waals surface area contributed by atoms with E-state index in [0.717, 1.165) is 59.0 Å². The van der Waals surface area contributed by atoms with Gasteiger partial charge < -0.3 is 19.0 Å². The predicted octanol–water partition coefficient (Wildman–Crippen LogP) is 5.65. The largest absolute Gasteiger partial charge is 0.493 e. The van der Waals surface area contributed by atoms with Crippen molar-refractivity contribution < 1.29 is 19.0 Å². The Morgan fingerprint density at radius 1 is 1.00 bits per heavy atom. The fourth-order valence-corrected chi connectivity index (χ4v) is 3.07. The lowest BCUT2D eigenvalue weighted by Gasteiger charge is -2.14. The van der Waals surface area contributed by atoms with E-state index in [1.165, 1.54) is 7.11 Å². The zero-order valence-corrected chi connectivity index (χ0v) is 19.3. The van der Waals surface area contributed by atoms with Crippen molar-refractivity contribution in [3.63, 3.8) is 0 Å². The number of hydrogen-bond acceptors (Lipinski definition) is 6. The minimum absolute atomic E-state index is 0.578. The highest BCUT2D eigenvalue weighted by Gasteiger charge is 2.08. The number of aryl methyl sites for hydroxylation is 2. The third kappa shape index (κ3) is 7.96. The predicted molar refractivity (Wildman–Crippen MR) is 125 cm³/mol. The summed E-state index contributed by atoms with van der Waals surface area (Å²) in [6, 6.07) is 7.85. The van der Waals surface area contributed by atoms with Crippen molar-refractivity contribution in [2.45, 2.75) is 47.0 Å². The molecule has 2 rings (SSSR count). The maximum Gasteiger partial charge on any atom is 0.137 e. The van der Waals surface area contributed by atoms with E-state index in [-0.39, 0.29) is 0 Å². The van der Waals surface area contributed by atoms with Gasteiger partial charge in [0.25, 0.3) is 0 Å². The smallest absolute Gasteiger partial charge is 0.137 e. The number of rotatable bonds is 13. The van der Waals surface area contributed by atoms with Crippen molar-refractivity contribution in [3.8, 4) is 17.2 Å². The van der Waals surface area contributed by atoms with E-state index in [0.29, 0.717) is 19.8 Å². The van der Waals surface area contributed by atoms with Gasteiger partial charge in [-0.1, -0.05) is 24.2 Å². The lowest BCUT2D eigenvalue weighted by atomic mass is 10.1. The molecule has 0 spiro atoms. The molecular weight excluding hydrogens is 392 g/mol. The second kappa shape index (κ2) is 13.3. The molecule has 6 heteroatoms. The van der Waals surface area contributed by atoms with E-state index in [1.807, 2.05) is 64.1 Å². The molecule has 1 aromatic carbocycles. The first-order valence-corrected chi connectivity index (χ1v) is 10.8. The Morgan fingerprint density at radius 2 is 1.71 bits per heavy atom. The fraction of sp³-hybridized carbons (Fsp3) is 0.440. The summed E-state index contributed by atoms with van der Waals surface area (Å²) in [7, 11) is 1.54. The number of hydrogen-bond donors (Lipinski definition) is 0. The Kier molecular flexibility index (Phi) is 10.4. The number of aromatic nitrogens is 1. The Bertz CT molecular complexity index is 837. The van der Waals surface area contributed by atoms with Crippen LogP contribution in [0, 0.1) is 13.8 Å². The molecule has 6 nitrogen and oxygen atoms in total. The van der Waals surface area contributed by atoms with Crippen molar-refractivity contribution in [2.75, 3.05) is 26.9 Å². The zero-order valence-electron chi connectivity index (χ0n) is 19.3. The van der Waals surface area contributed by atoms with Crippen LogP contribution in [0.4, 0.5) is 0 Å². The molecule has 0 aliphatic heterocycles. The van der Waals surface area contributed by atoms with Crippen molar-refractivity contribution in [3.05, 3.63) is 59.4 Å². The maximum atomic E-state index is 6.02. The number of nitrogens with zero attached hydrogens (tertiary/aromatic N) is 2. The number of pyridine rings is 1. The Labute approximate surface area is 185 Å². The summed E-state index contributed by atoms with van der Waals surface area (Å²) in [5.74, 6) is 2.55. The average Bonchev–Trinajstić information content (AvgIpc) is 2.76. The van der Waals surface area contributed by atoms with Gasteiger partial charge in [-0.15, -0.1) is 0 Å². The fourth-order valence-electron chi connectivity index (χ4n) is 3.07. The lowest BCUT2D eigenvalue weighted by molar-refractivity contribution is 0.213. The van der Waals surface area contributed by atoms with Crippen molar-refractivity contribution >= 4 is 5.71 Å². The molecule has 0 aliphatic carbocycles. The molecule has 0 fully saturated rings. The van der Waals surface area contributed by atoms with E-state index in [2.05, 4.69) is 10.1 Å². The number of ether oxygens (including phenoxy) is 3. The number of allylic oxidation sites excluding steroid dienone is 1. The van der Waals surface area contributed by atoms with Gasteiger partial charge in [0, 0.05) is 0 Å². The first-order valence-electron chi connectivity index (χ1n) is 10.8. The molecule has 0 bridgehead atoms. The summed E-state index contributed by atoms with van der Waals surface area (Å²) in [6.07, 6.45) is 8.25. The number of oxime groups is 1. The normalized spacial score (nSPS) is 11.6. The van der Waals surface area contributed by atoms with Crippen LogP contribution in [-0.4, -0.2) is 37.6 Å². The van der Waals surface area contributed by atoms with Crippen LogP contribution in [0.15, 0.2) is 47.8 Å². The summed E-state index contributed by atoms with van der Waals surface area (Å²) < 4.78 is 17.5. The van der Waals surface area contributed by atoms with Gasteiger partial charge in [-0.2, -0.15) is 0 Å². The first-order chi connectivity index (χ1) is 15.1. The molecule has 0 aliphatic rings. The van der Waals surface area contributed by atoms with Gasteiger partial charge in [-0.25, -0.2) is 0 Å². The molecule has 0 saturated carbocycles. The molecule has 0 radical (unpaired) electrons. The number of unbranched alkanes of at least 4 members (excludes halogenated alkanes) is 1. The highest BCUT2D eigenvalue weighted by Crippen LogP contribution is 2.28. The molecule has 0 N–H and O–H groups in total. The molecule has 1 aromatic heterocycles. The van der Waals surface area contributed by atoms with E-state index in [4.69, 9.17) is 19.0 Å². The van der Waals surface area contributed by atoms with Crippen LogP contribution in [0.2, 0.25) is 0 Å². The van der Waals surface area contributed by atoms with Crippen molar-refractivity contribution in [2.24, 2.45) is 5.16 Å². The van der Waals surface area contributed by atoms with Gasteiger partial charge in [0.1, 0.15) is 36.7 Å². The van der Waals surface area contributed by atoms with Crippen LogP contribution in [0.1, 0.15) is 49.9 Å². The van der Waals surface area contributed by atoms with Gasteiger partial charge in [-0.3, -0.25) is 4.98 Å². The summed E-state index contributed by atoms with van der Waals surface area (Å²) in [5, 5.41) is 3.99. The molecule has 1 heterocycles. The molecule has 0 saturated heterocycles.